The van der Waals surface area contributed by atoms with Crippen molar-refractivity contribution < 1.29 is 14.1 Å². The Morgan fingerprint density at radius 1 is 1.58 bits per heavy atom. The fourth-order valence-corrected chi connectivity index (χ4v) is 1.53. The zero-order chi connectivity index (χ0) is 14.4. The van der Waals surface area contributed by atoms with Crippen LogP contribution in [0.25, 0.3) is 0 Å². The topological polar surface area (TPSA) is 75.4 Å². The first-order valence-electron chi connectivity index (χ1n) is 6.07. The van der Waals surface area contributed by atoms with Gasteiger partial charge in [0.25, 0.3) is 0 Å². The second-order valence-corrected chi connectivity index (χ2v) is 4.53. The zero-order valence-electron chi connectivity index (χ0n) is 11.5. The highest BCUT2D eigenvalue weighted by molar-refractivity contribution is 5.94. The summed E-state index contributed by atoms with van der Waals surface area (Å²) in [7, 11) is 0. The van der Waals surface area contributed by atoms with E-state index in [1.54, 1.807) is 32.9 Å². The van der Waals surface area contributed by atoms with Gasteiger partial charge in [-0.05, 0) is 6.92 Å². The van der Waals surface area contributed by atoms with E-state index in [1.165, 1.54) is 4.90 Å². The van der Waals surface area contributed by atoms with Gasteiger partial charge in [0.05, 0.1) is 0 Å². The van der Waals surface area contributed by atoms with Crippen LogP contribution >= 0.6 is 0 Å². The maximum Gasteiger partial charge on any atom is 0.245 e. The molecule has 0 aromatic carbocycles. The van der Waals surface area contributed by atoms with Gasteiger partial charge < -0.3 is 14.7 Å². The van der Waals surface area contributed by atoms with Gasteiger partial charge in [0, 0.05) is 18.5 Å². The highest BCUT2D eigenvalue weighted by Crippen LogP contribution is 2.07. The Balaban J connectivity index is 2.61. The van der Waals surface area contributed by atoms with Crippen LogP contribution in [0, 0.1) is 12.8 Å². The van der Waals surface area contributed by atoms with Gasteiger partial charge in [0.15, 0.2) is 5.82 Å². The fraction of sp³-hybridized carbons (Fsp3) is 0.462. The van der Waals surface area contributed by atoms with Crippen molar-refractivity contribution in [2.45, 2.75) is 20.8 Å². The molecular formula is C13H19N3O3. The number of hydrogen-bond acceptors (Lipinski definition) is 4. The summed E-state index contributed by atoms with van der Waals surface area (Å²) in [5, 5.41) is 6.23. The summed E-state index contributed by atoms with van der Waals surface area (Å²) in [6, 6.07) is 1.61. The SMILES string of the molecule is C=CCN(CC(=O)Nc1cc(C)on1)C(=O)C(C)C. The molecule has 0 aliphatic rings. The average Bonchev–Trinajstić information content (AvgIpc) is 2.73. The molecule has 1 aromatic heterocycles. The van der Waals surface area contributed by atoms with Crippen molar-refractivity contribution in [3.8, 4) is 0 Å². The highest BCUT2D eigenvalue weighted by atomic mass is 16.5. The molecule has 0 radical (unpaired) electrons. The lowest BCUT2D eigenvalue weighted by atomic mass is 10.2. The Morgan fingerprint density at radius 2 is 2.26 bits per heavy atom. The maximum absolute atomic E-state index is 11.9. The van der Waals surface area contributed by atoms with Crippen LogP contribution in [-0.4, -0.2) is 35.0 Å². The summed E-state index contributed by atoms with van der Waals surface area (Å²) in [6.07, 6.45) is 1.59. The molecule has 6 nitrogen and oxygen atoms in total. The molecule has 0 spiro atoms. The van der Waals surface area contributed by atoms with E-state index in [1.807, 2.05) is 0 Å². The Kier molecular flexibility index (Phi) is 5.29. The number of rotatable bonds is 6. The second-order valence-electron chi connectivity index (χ2n) is 4.53. The zero-order valence-corrected chi connectivity index (χ0v) is 11.5. The molecule has 0 fully saturated rings. The van der Waals surface area contributed by atoms with Gasteiger partial charge in [-0.15, -0.1) is 6.58 Å². The second kappa shape index (κ2) is 6.72. The van der Waals surface area contributed by atoms with Crippen LogP contribution in [0.2, 0.25) is 0 Å². The van der Waals surface area contributed by atoms with Crippen LogP contribution in [0.4, 0.5) is 5.82 Å². The number of carbonyl (C=O) groups is 2. The first kappa shape index (κ1) is 14.9. The third-order valence-electron chi connectivity index (χ3n) is 2.38. The molecule has 0 atom stereocenters. The standard InChI is InChI=1S/C13H19N3O3/c1-5-6-16(13(18)9(2)3)8-12(17)14-11-7-10(4)19-15-11/h5,7,9H,1,6,8H2,2-4H3,(H,14,15,17). The Bertz CT molecular complexity index is 465. The van der Waals surface area contributed by atoms with Crippen molar-refractivity contribution in [2.24, 2.45) is 5.92 Å². The average molecular weight is 265 g/mol. The summed E-state index contributed by atoms with van der Waals surface area (Å²) in [5.41, 5.74) is 0. The van der Waals surface area contributed by atoms with Crippen LogP contribution in [0.1, 0.15) is 19.6 Å². The first-order valence-corrected chi connectivity index (χ1v) is 6.07. The van der Waals surface area contributed by atoms with Crippen LogP contribution in [-0.2, 0) is 9.59 Å². The predicted octanol–water partition coefficient (Wildman–Crippen LogP) is 1.59. The van der Waals surface area contributed by atoms with Crippen molar-refractivity contribution in [1.82, 2.24) is 10.1 Å². The van der Waals surface area contributed by atoms with Gasteiger partial charge in [-0.1, -0.05) is 25.1 Å². The molecule has 19 heavy (non-hydrogen) atoms. The van der Waals surface area contributed by atoms with Crippen LogP contribution < -0.4 is 5.32 Å². The van der Waals surface area contributed by atoms with Gasteiger partial charge in [-0.3, -0.25) is 9.59 Å². The normalized spacial score (nSPS) is 10.3. The molecule has 0 aliphatic heterocycles. The fourth-order valence-electron chi connectivity index (χ4n) is 1.53. The predicted molar refractivity (Wildman–Crippen MR) is 71.5 cm³/mol. The van der Waals surface area contributed by atoms with Gasteiger partial charge >= 0.3 is 0 Å². The van der Waals surface area contributed by atoms with E-state index in [4.69, 9.17) is 4.52 Å². The first-order chi connectivity index (χ1) is 8.93. The molecule has 1 heterocycles. The summed E-state index contributed by atoms with van der Waals surface area (Å²) in [5.74, 6) is 0.382. The summed E-state index contributed by atoms with van der Waals surface area (Å²) in [6.45, 7) is 9.20. The maximum atomic E-state index is 11.9. The molecule has 0 saturated carbocycles. The van der Waals surface area contributed by atoms with Crippen molar-refractivity contribution in [3.05, 3.63) is 24.5 Å². The molecular weight excluding hydrogens is 246 g/mol. The molecule has 6 heteroatoms. The highest BCUT2D eigenvalue weighted by Gasteiger charge is 2.19. The Hall–Kier alpha value is -2.11. The van der Waals surface area contributed by atoms with Crippen molar-refractivity contribution >= 4 is 17.6 Å². The molecule has 0 unspecified atom stereocenters. The summed E-state index contributed by atoms with van der Waals surface area (Å²) in [4.78, 5) is 25.1. The third-order valence-corrected chi connectivity index (χ3v) is 2.38. The molecule has 0 bridgehead atoms. The van der Waals surface area contributed by atoms with Crippen molar-refractivity contribution in [2.75, 3.05) is 18.4 Å². The van der Waals surface area contributed by atoms with Crippen molar-refractivity contribution in [3.63, 3.8) is 0 Å². The van der Waals surface area contributed by atoms with Gasteiger partial charge in [-0.25, -0.2) is 0 Å². The Labute approximate surface area is 112 Å². The number of nitrogens with one attached hydrogen (secondary N) is 1. The molecule has 1 aromatic rings. The largest absolute Gasteiger partial charge is 0.360 e. The van der Waals surface area contributed by atoms with Crippen LogP contribution in [0.3, 0.4) is 0 Å². The monoisotopic (exact) mass is 265 g/mol. The lowest BCUT2D eigenvalue weighted by Crippen LogP contribution is -2.40. The molecule has 104 valence electrons. The van der Waals surface area contributed by atoms with Crippen molar-refractivity contribution in [1.29, 1.82) is 0 Å². The molecule has 2 amide bonds. The minimum absolute atomic E-state index is 0.0328. The summed E-state index contributed by atoms with van der Waals surface area (Å²) < 4.78 is 4.84. The number of aromatic nitrogens is 1. The quantitative estimate of drug-likeness (QED) is 0.792. The van der Waals surface area contributed by atoms with E-state index in [-0.39, 0.29) is 24.3 Å². The Morgan fingerprint density at radius 3 is 2.74 bits per heavy atom. The van der Waals surface area contributed by atoms with Crippen LogP contribution in [0.5, 0.6) is 0 Å². The number of carbonyl (C=O) groups excluding carboxylic acids is 2. The van der Waals surface area contributed by atoms with E-state index in [9.17, 15) is 9.59 Å². The molecule has 1 rings (SSSR count). The molecule has 1 N–H and O–H groups in total. The number of hydrogen-bond donors (Lipinski definition) is 1. The van der Waals surface area contributed by atoms with Gasteiger partial charge in [-0.2, -0.15) is 0 Å². The number of amides is 2. The van der Waals surface area contributed by atoms with Gasteiger partial charge in [0.2, 0.25) is 11.8 Å². The van der Waals surface area contributed by atoms with E-state index < -0.39 is 0 Å². The molecule has 0 saturated heterocycles. The molecule has 0 aliphatic carbocycles. The third kappa shape index (κ3) is 4.57. The van der Waals surface area contributed by atoms with Gasteiger partial charge in [0.1, 0.15) is 12.3 Å². The van der Waals surface area contributed by atoms with E-state index >= 15 is 0 Å². The lowest BCUT2D eigenvalue weighted by Gasteiger charge is -2.22. The summed E-state index contributed by atoms with van der Waals surface area (Å²) >= 11 is 0. The number of aryl methyl sites for hydroxylation is 1. The minimum atomic E-state index is -0.316. The minimum Gasteiger partial charge on any atom is -0.360 e. The van der Waals surface area contributed by atoms with Crippen LogP contribution in [0.15, 0.2) is 23.2 Å². The number of anilines is 1. The van der Waals surface area contributed by atoms with E-state index in [0.717, 1.165) is 0 Å². The van der Waals surface area contributed by atoms with E-state index in [0.29, 0.717) is 18.1 Å². The number of nitrogens with zero attached hydrogens (tertiary/aromatic N) is 2. The van der Waals surface area contributed by atoms with E-state index in [2.05, 4.69) is 17.1 Å². The smallest absolute Gasteiger partial charge is 0.245 e. The lowest BCUT2D eigenvalue weighted by molar-refractivity contribution is -0.136.